The summed E-state index contributed by atoms with van der Waals surface area (Å²) in [6, 6.07) is 7.98. The lowest BCUT2D eigenvalue weighted by Crippen LogP contribution is -2.47. The Morgan fingerprint density at radius 2 is 1.71 bits per heavy atom. The van der Waals surface area contributed by atoms with E-state index in [1.165, 1.54) is 5.56 Å². The van der Waals surface area contributed by atoms with Crippen LogP contribution in [0.1, 0.15) is 22.8 Å². The van der Waals surface area contributed by atoms with Crippen molar-refractivity contribution < 1.29 is 4.79 Å². The smallest absolute Gasteiger partial charge is 0.253 e. The van der Waals surface area contributed by atoms with Gasteiger partial charge in [0.2, 0.25) is 0 Å². The maximum Gasteiger partial charge on any atom is 0.253 e. The van der Waals surface area contributed by atoms with Crippen molar-refractivity contribution >= 4 is 5.91 Å². The Bertz CT molecular complexity index is 378. The first-order chi connectivity index (χ1) is 8.20. The lowest BCUT2D eigenvalue weighted by atomic mass is 10.1. The van der Waals surface area contributed by atoms with Crippen molar-refractivity contribution in [2.24, 2.45) is 0 Å². The summed E-state index contributed by atoms with van der Waals surface area (Å²) in [7, 11) is 2.10. The van der Waals surface area contributed by atoms with Crippen LogP contribution in [0.2, 0.25) is 0 Å². The molecular weight excluding hydrogens is 212 g/mol. The third kappa shape index (κ3) is 2.86. The zero-order valence-corrected chi connectivity index (χ0v) is 10.6. The average molecular weight is 232 g/mol. The SMILES string of the molecule is CCc1ccc(C(=O)N2CCN(C)CC2)cc1. The molecule has 17 heavy (non-hydrogen) atoms. The molecule has 1 aromatic rings. The van der Waals surface area contributed by atoms with Crippen LogP contribution in [0, 0.1) is 0 Å². The number of rotatable bonds is 2. The van der Waals surface area contributed by atoms with Crippen LogP contribution < -0.4 is 0 Å². The van der Waals surface area contributed by atoms with E-state index in [2.05, 4.69) is 18.9 Å². The van der Waals surface area contributed by atoms with E-state index in [1.54, 1.807) is 0 Å². The number of benzene rings is 1. The molecule has 0 bridgehead atoms. The quantitative estimate of drug-likeness (QED) is 0.774. The van der Waals surface area contributed by atoms with Crippen LogP contribution in [0.5, 0.6) is 0 Å². The third-order valence-electron chi connectivity index (χ3n) is 3.40. The molecule has 1 fully saturated rings. The summed E-state index contributed by atoms with van der Waals surface area (Å²) < 4.78 is 0. The first kappa shape index (κ1) is 12.1. The Balaban J connectivity index is 2.03. The number of hydrogen-bond donors (Lipinski definition) is 0. The number of nitrogens with zero attached hydrogens (tertiary/aromatic N) is 2. The summed E-state index contributed by atoms with van der Waals surface area (Å²) in [5.74, 6) is 0.167. The second-order valence-electron chi connectivity index (χ2n) is 4.65. The highest BCUT2D eigenvalue weighted by atomic mass is 16.2. The van der Waals surface area contributed by atoms with E-state index in [0.29, 0.717) is 0 Å². The molecule has 3 nitrogen and oxygen atoms in total. The zero-order chi connectivity index (χ0) is 12.3. The fourth-order valence-electron chi connectivity index (χ4n) is 2.08. The Morgan fingerprint density at radius 3 is 2.24 bits per heavy atom. The minimum atomic E-state index is 0.167. The molecule has 0 atom stereocenters. The molecular formula is C14H20N2O. The Kier molecular flexibility index (Phi) is 3.79. The lowest BCUT2D eigenvalue weighted by molar-refractivity contribution is 0.0664. The van der Waals surface area contributed by atoms with E-state index in [9.17, 15) is 4.79 Å². The highest BCUT2D eigenvalue weighted by Crippen LogP contribution is 2.10. The first-order valence-corrected chi connectivity index (χ1v) is 6.27. The van der Waals surface area contributed by atoms with E-state index in [-0.39, 0.29) is 5.91 Å². The Labute approximate surface area is 103 Å². The summed E-state index contributed by atoms with van der Waals surface area (Å²) in [5, 5.41) is 0. The van der Waals surface area contributed by atoms with Gasteiger partial charge in [-0.25, -0.2) is 0 Å². The summed E-state index contributed by atoms with van der Waals surface area (Å²) in [5.41, 5.74) is 2.09. The predicted octanol–water partition coefficient (Wildman–Crippen LogP) is 1.64. The van der Waals surface area contributed by atoms with E-state index < -0.39 is 0 Å². The van der Waals surface area contributed by atoms with Crippen molar-refractivity contribution in [3.8, 4) is 0 Å². The molecule has 1 heterocycles. The highest BCUT2D eigenvalue weighted by molar-refractivity contribution is 5.94. The fourth-order valence-corrected chi connectivity index (χ4v) is 2.08. The fraction of sp³-hybridized carbons (Fsp3) is 0.500. The maximum atomic E-state index is 12.2. The number of carbonyl (C=O) groups excluding carboxylic acids is 1. The van der Waals surface area contributed by atoms with Crippen LogP contribution in [-0.4, -0.2) is 48.9 Å². The average Bonchev–Trinajstić information content (AvgIpc) is 2.39. The predicted molar refractivity (Wildman–Crippen MR) is 69.2 cm³/mol. The number of piperazine rings is 1. The molecule has 0 radical (unpaired) electrons. The number of likely N-dealkylation sites (N-methyl/N-ethyl adjacent to an activating group) is 1. The van der Waals surface area contributed by atoms with Crippen LogP contribution >= 0.6 is 0 Å². The van der Waals surface area contributed by atoms with Crippen LogP contribution in [-0.2, 0) is 6.42 Å². The zero-order valence-electron chi connectivity index (χ0n) is 10.6. The van der Waals surface area contributed by atoms with Crippen LogP contribution in [0.3, 0.4) is 0 Å². The van der Waals surface area contributed by atoms with Gasteiger partial charge in [-0.2, -0.15) is 0 Å². The van der Waals surface area contributed by atoms with Gasteiger partial charge in [0.25, 0.3) is 5.91 Å². The topological polar surface area (TPSA) is 23.6 Å². The van der Waals surface area contributed by atoms with E-state index >= 15 is 0 Å². The van der Waals surface area contributed by atoms with E-state index in [1.807, 2.05) is 29.2 Å². The molecule has 0 spiro atoms. The summed E-state index contributed by atoms with van der Waals surface area (Å²) in [6.45, 7) is 5.74. The number of hydrogen-bond acceptors (Lipinski definition) is 2. The van der Waals surface area contributed by atoms with Crippen molar-refractivity contribution in [1.82, 2.24) is 9.80 Å². The minimum Gasteiger partial charge on any atom is -0.336 e. The van der Waals surface area contributed by atoms with E-state index in [4.69, 9.17) is 0 Å². The molecule has 1 amide bonds. The van der Waals surface area contributed by atoms with Crippen molar-refractivity contribution in [3.63, 3.8) is 0 Å². The third-order valence-corrected chi connectivity index (χ3v) is 3.40. The number of aryl methyl sites for hydroxylation is 1. The summed E-state index contributed by atoms with van der Waals surface area (Å²) >= 11 is 0. The number of amides is 1. The molecule has 0 saturated carbocycles. The molecule has 0 aromatic heterocycles. The first-order valence-electron chi connectivity index (χ1n) is 6.27. The second-order valence-corrected chi connectivity index (χ2v) is 4.65. The van der Waals surface area contributed by atoms with Gasteiger partial charge in [-0.3, -0.25) is 4.79 Å². The van der Waals surface area contributed by atoms with Crippen molar-refractivity contribution in [1.29, 1.82) is 0 Å². The van der Waals surface area contributed by atoms with Crippen molar-refractivity contribution in [2.45, 2.75) is 13.3 Å². The summed E-state index contributed by atoms with van der Waals surface area (Å²) in [4.78, 5) is 16.4. The molecule has 1 saturated heterocycles. The standard InChI is InChI=1S/C14H20N2O/c1-3-12-4-6-13(7-5-12)14(17)16-10-8-15(2)9-11-16/h4-7H,3,8-11H2,1-2H3. The van der Waals surface area contributed by atoms with Gasteiger partial charge in [-0.05, 0) is 31.2 Å². The molecule has 1 aliphatic rings. The van der Waals surface area contributed by atoms with Gasteiger partial charge in [-0.1, -0.05) is 19.1 Å². The molecule has 2 rings (SSSR count). The van der Waals surface area contributed by atoms with Gasteiger partial charge in [0.15, 0.2) is 0 Å². The van der Waals surface area contributed by atoms with Gasteiger partial charge in [0, 0.05) is 31.7 Å². The van der Waals surface area contributed by atoms with Crippen molar-refractivity contribution in [2.75, 3.05) is 33.2 Å². The van der Waals surface area contributed by atoms with Crippen LogP contribution in [0.25, 0.3) is 0 Å². The van der Waals surface area contributed by atoms with Crippen LogP contribution in [0.15, 0.2) is 24.3 Å². The van der Waals surface area contributed by atoms with Gasteiger partial charge in [-0.15, -0.1) is 0 Å². The number of carbonyl (C=O) groups is 1. The Hall–Kier alpha value is -1.35. The molecule has 0 unspecified atom stereocenters. The summed E-state index contributed by atoms with van der Waals surface area (Å²) in [6.07, 6.45) is 1.02. The van der Waals surface area contributed by atoms with Gasteiger partial charge < -0.3 is 9.80 Å². The van der Waals surface area contributed by atoms with Gasteiger partial charge in [0.05, 0.1) is 0 Å². The minimum absolute atomic E-state index is 0.167. The molecule has 0 N–H and O–H groups in total. The lowest BCUT2D eigenvalue weighted by Gasteiger charge is -2.32. The molecule has 1 aromatic carbocycles. The maximum absolute atomic E-state index is 12.2. The monoisotopic (exact) mass is 232 g/mol. The second kappa shape index (κ2) is 5.32. The van der Waals surface area contributed by atoms with Crippen LogP contribution in [0.4, 0.5) is 0 Å². The Morgan fingerprint density at radius 1 is 1.12 bits per heavy atom. The van der Waals surface area contributed by atoms with Gasteiger partial charge >= 0.3 is 0 Å². The normalized spacial score (nSPS) is 17.2. The largest absolute Gasteiger partial charge is 0.336 e. The highest BCUT2D eigenvalue weighted by Gasteiger charge is 2.19. The van der Waals surface area contributed by atoms with Crippen molar-refractivity contribution in [3.05, 3.63) is 35.4 Å². The van der Waals surface area contributed by atoms with E-state index in [0.717, 1.165) is 38.2 Å². The molecule has 0 aliphatic carbocycles. The molecule has 3 heteroatoms. The molecule has 1 aliphatic heterocycles. The van der Waals surface area contributed by atoms with Gasteiger partial charge in [0.1, 0.15) is 0 Å². The molecule has 92 valence electrons.